The number of fused-ring (bicyclic) bond motifs is 1. The molecular formula is C17H18N2O2. The molecule has 1 aliphatic heterocycles. The van der Waals surface area contributed by atoms with Crippen LogP contribution in [0.15, 0.2) is 30.5 Å². The lowest BCUT2D eigenvalue weighted by molar-refractivity contribution is 0.0988. The fourth-order valence-electron chi connectivity index (χ4n) is 2.69. The highest BCUT2D eigenvalue weighted by molar-refractivity contribution is 5.96. The second-order valence-corrected chi connectivity index (χ2v) is 5.38. The summed E-state index contributed by atoms with van der Waals surface area (Å²) in [7, 11) is 0. The Labute approximate surface area is 124 Å². The number of hydrogen-bond donors (Lipinski definition) is 1. The average molecular weight is 282 g/mol. The number of pyridine rings is 1. The molecule has 0 bridgehead atoms. The van der Waals surface area contributed by atoms with E-state index in [1.165, 1.54) is 0 Å². The average Bonchev–Trinajstić information content (AvgIpc) is 2.95. The van der Waals surface area contributed by atoms with Crippen molar-refractivity contribution >= 4 is 11.5 Å². The molecule has 1 aromatic heterocycles. The molecule has 0 amide bonds. The van der Waals surface area contributed by atoms with Crippen LogP contribution in [0.25, 0.3) is 0 Å². The quantitative estimate of drug-likeness (QED) is 0.878. The van der Waals surface area contributed by atoms with Crippen molar-refractivity contribution in [3.63, 3.8) is 0 Å². The van der Waals surface area contributed by atoms with Crippen molar-refractivity contribution in [2.45, 2.75) is 33.4 Å². The summed E-state index contributed by atoms with van der Waals surface area (Å²) in [6.07, 6.45) is 2.35. The number of rotatable bonds is 3. The highest BCUT2D eigenvalue weighted by atomic mass is 16.3. The number of aryl methyl sites for hydroxylation is 1. The summed E-state index contributed by atoms with van der Waals surface area (Å²) in [5.74, 6) is 0.455. The summed E-state index contributed by atoms with van der Waals surface area (Å²) >= 11 is 0. The molecule has 1 N–H and O–H groups in total. The molecule has 4 heteroatoms. The smallest absolute Gasteiger partial charge is 0.162 e. The van der Waals surface area contributed by atoms with Gasteiger partial charge < -0.3 is 10.0 Å². The summed E-state index contributed by atoms with van der Waals surface area (Å²) in [4.78, 5) is 18.0. The van der Waals surface area contributed by atoms with Crippen LogP contribution in [0.3, 0.4) is 0 Å². The Hall–Kier alpha value is -2.36. The van der Waals surface area contributed by atoms with Gasteiger partial charge in [-0.15, -0.1) is 0 Å². The van der Waals surface area contributed by atoms with Crippen molar-refractivity contribution in [1.82, 2.24) is 4.98 Å². The molecule has 0 spiro atoms. The Morgan fingerprint density at radius 2 is 2.00 bits per heavy atom. The number of ketones is 1. The van der Waals surface area contributed by atoms with E-state index >= 15 is 0 Å². The van der Waals surface area contributed by atoms with E-state index < -0.39 is 0 Å². The van der Waals surface area contributed by atoms with Gasteiger partial charge in [-0.2, -0.15) is 0 Å². The van der Waals surface area contributed by atoms with Crippen molar-refractivity contribution in [1.29, 1.82) is 0 Å². The summed E-state index contributed by atoms with van der Waals surface area (Å²) < 4.78 is 0. The van der Waals surface area contributed by atoms with Crippen LogP contribution in [0.2, 0.25) is 0 Å². The number of carbonyl (C=O) groups is 1. The van der Waals surface area contributed by atoms with E-state index in [4.69, 9.17) is 0 Å². The van der Waals surface area contributed by atoms with E-state index in [1.54, 1.807) is 0 Å². The number of benzene rings is 1. The fourth-order valence-corrected chi connectivity index (χ4v) is 2.69. The number of nitrogens with zero attached hydrogens (tertiary/aromatic N) is 2. The zero-order valence-corrected chi connectivity index (χ0v) is 12.3. The molecule has 0 fully saturated rings. The Balaban J connectivity index is 1.84. The van der Waals surface area contributed by atoms with Gasteiger partial charge in [-0.1, -0.05) is 6.92 Å². The van der Waals surface area contributed by atoms with E-state index in [1.807, 2.05) is 44.3 Å². The van der Waals surface area contributed by atoms with Gasteiger partial charge in [0.1, 0.15) is 5.75 Å². The molecule has 0 saturated carbocycles. The normalized spacial score (nSPS) is 13.3. The summed E-state index contributed by atoms with van der Waals surface area (Å²) in [5.41, 5.74) is 4.48. The topological polar surface area (TPSA) is 53.4 Å². The summed E-state index contributed by atoms with van der Waals surface area (Å²) in [6.45, 7) is 5.08. The van der Waals surface area contributed by atoms with E-state index in [2.05, 4.69) is 9.88 Å². The van der Waals surface area contributed by atoms with Gasteiger partial charge in [-0.3, -0.25) is 9.78 Å². The number of anilines is 1. The Bertz CT molecular complexity index is 693. The summed E-state index contributed by atoms with van der Waals surface area (Å²) in [6, 6.07) is 7.67. The Kier molecular flexibility index (Phi) is 3.37. The predicted octanol–water partition coefficient (Wildman–Crippen LogP) is 3.21. The van der Waals surface area contributed by atoms with Gasteiger partial charge in [0.15, 0.2) is 5.78 Å². The lowest BCUT2D eigenvalue weighted by Gasteiger charge is -2.17. The first-order valence-corrected chi connectivity index (χ1v) is 7.14. The van der Waals surface area contributed by atoms with Crippen LogP contribution in [-0.2, 0) is 13.1 Å². The van der Waals surface area contributed by atoms with Crippen LogP contribution < -0.4 is 4.90 Å². The molecule has 0 atom stereocenters. The lowest BCUT2D eigenvalue weighted by Crippen LogP contribution is -2.14. The molecule has 2 aromatic rings. The van der Waals surface area contributed by atoms with Crippen molar-refractivity contribution in [2.75, 3.05) is 4.90 Å². The minimum absolute atomic E-state index is 0.156. The maximum Gasteiger partial charge on any atom is 0.162 e. The second kappa shape index (κ2) is 5.20. The molecule has 0 radical (unpaired) electrons. The molecule has 1 aromatic carbocycles. The van der Waals surface area contributed by atoms with Crippen molar-refractivity contribution in [2.24, 2.45) is 0 Å². The zero-order chi connectivity index (χ0) is 15.0. The number of aromatic nitrogens is 1. The standard InChI is InChI=1S/C17H18N2O2/c1-3-16(20)12-4-6-14(7-5-12)19-9-13-8-18-11(2)17(21)15(13)10-19/h4-8,21H,3,9-10H2,1-2H3. The first-order valence-electron chi connectivity index (χ1n) is 7.14. The molecule has 1 aliphatic rings. The van der Waals surface area contributed by atoms with Crippen LogP contribution in [-0.4, -0.2) is 15.9 Å². The highest BCUT2D eigenvalue weighted by Crippen LogP contribution is 2.34. The van der Waals surface area contributed by atoms with Gasteiger partial charge in [0.2, 0.25) is 0 Å². The van der Waals surface area contributed by atoms with E-state index in [-0.39, 0.29) is 5.78 Å². The Morgan fingerprint density at radius 1 is 1.29 bits per heavy atom. The van der Waals surface area contributed by atoms with Crippen LogP contribution in [0, 0.1) is 6.92 Å². The van der Waals surface area contributed by atoms with Crippen LogP contribution in [0.5, 0.6) is 5.75 Å². The van der Waals surface area contributed by atoms with Gasteiger partial charge in [0, 0.05) is 42.5 Å². The van der Waals surface area contributed by atoms with Crippen molar-refractivity contribution < 1.29 is 9.90 Å². The first-order chi connectivity index (χ1) is 10.1. The van der Waals surface area contributed by atoms with Crippen LogP contribution in [0.1, 0.15) is 40.5 Å². The first kappa shape index (κ1) is 13.6. The lowest BCUT2D eigenvalue weighted by atomic mass is 10.1. The molecule has 4 nitrogen and oxygen atoms in total. The fraction of sp³-hybridized carbons (Fsp3) is 0.294. The molecule has 0 unspecified atom stereocenters. The van der Waals surface area contributed by atoms with Gasteiger partial charge in [0.25, 0.3) is 0 Å². The third-order valence-electron chi connectivity index (χ3n) is 4.02. The molecule has 108 valence electrons. The molecule has 0 saturated heterocycles. The maximum atomic E-state index is 11.7. The number of Topliss-reactive ketones (excluding diaryl/α,β-unsaturated/α-hetero) is 1. The van der Waals surface area contributed by atoms with Gasteiger partial charge in [0.05, 0.1) is 5.69 Å². The zero-order valence-electron chi connectivity index (χ0n) is 12.3. The largest absolute Gasteiger partial charge is 0.506 e. The minimum Gasteiger partial charge on any atom is -0.506 e. The van der Waals surface area contributed by atoms with Crippen molar-refractivity contribution in [3.8, 4) is 5.75 Å². The number of hydrogen-bond acceptors (Lipinski definition) is 4. The van der Waals surface area contributed by atoms with Gasteiger partial charge in [-0.05, 0) is 36.8 Å². The highest BCUT2D eigenvalue weighted by Gasteiger charge is 2.23. The monoisotopic (exact) mass is 282 g/mol. The third kappa shape index (κ3) is 2.37. The minimum atomic E-state index is 0.156. The molecule has 3 rings (SSSR count). The SMILES string of the molecule is CCC(=O)c1ccc(N2Cc3cnc(C)c(O)c3C2)cc1. The maximum absolute atomic E-state index is 11.7. The van der Waals surface area contributed by atoms with E-state index in [0.717, 1.165) is 28.9 Å². The van der Waals surface area contributed by atoms with Crippen LogP contribution in [0.4, 0.5) is 5.69 Å². The molecule has 0 aliphatic carbocycles. The second-order valence-electron chi connectivity index (χ2n) is 5.38. The molecule has 21 heavy (non-hydrogen) atoms. The van der Waals surface area contributed by atoms with E-state index in [0.29, 0.717) is 24.4 Å². The van der Waals surface area contributed by atoms with Crippen molar-refractivity contribution in [3.05, 3.63) is 52.8 Å². The number of carbonyl (C=O) groups excluding carboxylic acids is 1. The van der Waals surface area contributed by atoms with Gasteiger partial charge >= 0.3 is 0 Å². The molecular weight excluding hydrogens is 264 g/mol. The Morgan fingerprint density at radius 3 is 2.67 bits per heavy atom. The van der Waals surface area contributed by atoms with Crippen LogP contribution >= 0.6 is 0 Å². The third-order valence-corrected chi connectivity index (χ3v) is 4.02. The van der Waals surface area contributed by atoms with Gasteiger partial charge in [-0.25, -0.2) is 0 Å². The summed E-state index contributed by atoms with van der Waals surface area (Å²) in [5, 5.41) is 10.1. The molecule has 2 heterocycles. The number of aromatic hydroxyl groups is 1. The van der Waals surface area contributed by atoms with E-state index in [9.17, 15) is 9.90 Å². The predicted molar refractivity (Wildman–Crippen MR) is 81.6 cm³/mol.